The highest BCUT2D eigenvalue weighted by Crippen LogP contribution is 2.09. The van der Waals surface area contributed by atoms with Crippen molar-refractivity contribution in [3.05, 3.63) is 0 Å². The minimum Gasteiger partial charge on any atom is -0.317 e. The molecule has 0 aromatic carbocycles. The van der Waals surface area contributed by atoms with Gasteiger partial charge in [-0.05, 0) is 32.5 Å². The second-order valence-corrected chi connectivity index (χ2v) is 6.85. The molecule has 0 spiro atoms. The Morgan fingerprint density at radius 1 is 1.11 bits per heavy atom. The molecule has 1 N–H and O–H groups in total. The van der Waals surface area contributed by atoms with Crippen LogP contribution in [0.1, 0.15) is 26.7 Å². The lowest BCUT2D eigenvalue weighted by Crippen LogP contribution is -2.49. The average molecular weight is 277 g/mol. The molecule has 6 heteroatoms. The molecule has 1 aliphatic heterocycles. The molecule has 0 radical (unpaired) electrons. The third-order valence-electron chi connectivity index (χ3n) is 3.27. The Labute approximate surface area is 112 Å². The topological polar surface area (TPSA) is 52.7 Å². The SMILES string of the molecule is CCCN1CCN(S(=O)(=O)CCCNCC)CC1. The second kappa shape index (κ2) is 8.09. The molecule has 0 amide bonds. The predicted molar refractivity (Wildman–Crippen MR) is 75.3 cm³/mol. The van der Waals surface area contributed by atoms with Gasteiger partial charge in [-0.1, -0.05) is 13.8 Å². The zero-order valence-corrected chi connectivity index (χ0v) is 12.5. The van der Waals surface area contributed by atoms with E-state index in [-0.39, 0.29) is 5.75 Å². The van der Waals surface area contributed by atoms with Gasteiger partial charge in [0, 0.05) is 26.2 Å². The maximum Gasteiger partial charge on any atom is 0.214 e. The molecule has 1 fully saturated rings. The van der Waals surface area contributed by atoms with Crippen LogP contribution in [0.15, 0.2) is 0 Å². The summed E-state index contributed by atoms with van der Waals surface area (Å²) in [5, 5.41) is 3.16. The minimum atomic E-state index is -3.04. The van der Waals surface area contributed by atoms with Gasteiger partial charge >= 0.3 is 0 Å². The van der Waals surface area contributed by atoms with E-state index in [2.05, 4.69) is 17.1 Å². The Morgan fingerprint density at radius 3 is 2.33 bits per heavy atom. The first-order chi connectivity index (χ1) is 8.60. The van der Waals surface area contributed by atoms with Crippen LogP contribution in [0.4, 0.5) is 0 Å². The summed E-state index contributed by atoms with van der Waals surface area (Å²) in [6.45, 7) is 10.0. The lowest BCUT2D eigenvalue weighted by molar-refractivity contribution is 0.188. The van der Waals surface area contributed by atoms with Crippen molar-refractivity contribution in [2.45, 2.75) is 26.7 Å². The molecule has 0 unspecified atom stereocenters. The largest absolute Gasteiger partial charge is 0.317 e. The highest BCUT2D eigenvalue weighted by atomic mass is 32.2. The lowest BCUT2D eigenvalue weighted by atomic mass is 10.3. The maximum atomic E-state index is 12.1. The monoisotopic (exact) mass is 277 g/mol. The summed E-state index contributed by atoms with van der Waals surface area (Å²) in [4.78, 5) is 2.34. The number of piperazine rings is 1. The molecule has 0 aromatic heterocycles. The van der Waals surface area contributed by atoms with Gasteiger partial charge in [0.15, 0.2) is 0 Å². The third-order valence-corrected chi connectivity index (χ3v) is 5.23. The van der Waals surface area contributed by atoms with E-state index in [1.54, 1.807) is 4.31 Å². The van der Waals surface area contributed by atoms with E-state index >= 15 is 0 Å². The summed E-state index contributed by atoms with van der Waals surface area (Å²) in [5.74, 6) is 0.272. The Kier molecular flexibility index (Phi) is 7.14. The van der Waals surface area contributed by atoms with Crippen molar-refractivity contribution >= 4 is 10.0 Å². The van der Waals surface area contributed by atoms with Crippen molar-refractivity contribution in [2.75, 3.05) is 51.6 Å². The molecular formula is C12H27N3O2S. The Balaban J connectivity index is 2.31. The van der Waals surface area contributed by atoms with E-state index in [0.717, 1.165) is 39.1 Å². The van der Waals surface area contributed by atoms with Gasteiger partial charge in [0.1, 0.15) is 0 Å². The molecule has 5 nitrogen and oxygen atoms in total. The van der Waals surface area contributed by atoms with E-state index in [1.807, 2.05) is 6.92 Å². The maximum absolute atomic E-state index is 12.1. The molecule has 1 saturated heterocycles. The summed E-state index contributed by atoms with van der Waals surface area (Å²) in [7, 11) is -3.04. The smallest absolute Gasteiger partial charge is 0.214 e. The van der Waals surface area contributed by atoms with Crippen LogP contribution >= 0.6 is 0 Å². The summed E-state index contributed by atoms with van der Waals surface area (Å²) in [6.07, 6.45) is 1.83. The predicted octanol–water partition coefficient (Wildman–Crippen LogP) is 0.343. The van der Waals surface area contributed by atoms with Gasteiger partial charge in [0.05, 0.1) is 5.75 Å². The van der Waals surface area contributed by atoms with E-state index in [4.69, 9.17) is 0 Å². The molecule has 0 saturated carbocycles. The van der Waals surface area contributed by atoms with Crippen LogP contribution in [0, 0.1) is 0 Å². The normalized spacial score (nSPS) is 19.2. The molecule has 1 heterocycles. The fraction of sp³-hybridized carbons (Fsp3) is 1.00. The van der Waals surface area contributed by atoms with Gasteiger partial charge < -0.3 is 10.2 Å². The van der Waals surface area contributed by atoms with Crippen LogP contribution in [0.3, 0.4) is 0 Å². The quantitative estimate of drug-likeness (QED) is 0.650. The third kappa shape index (κ3) is 5.22. The number of rotatable bonds is 8. The standard InChI is InChI=1S/C12H27N3O2S/c1-3-7-14-8-10-15(11-9-14)18(16,17)12-5-6-13-4-2/h13H,3-12H2,1-2H3. The number of nitrogens with one attached hydrogen (secondary N) is 1. The lowest BCUT2D eigenvalue weighted by Gasteiger charge is -2.33. The van der Waals surface area contributed by atoms with Crippen molar-refractivity contribution in [3.8, 4) is 0 Å². The van der Waals surface area contributed by atoms with Crippen molar-refractivity contribution in [2.24, 2.45) is 0 Å². The average Bonchev–Trinajstić information content (AvgIpc) is 2.36. The molecule has 0 aromatic rings. The highest BCUT2D eigenvalue weighted by molar-refractivity contribution is 7.89. The summed E-state index contributed by atoms with van der Waals surface area (Å²) >= 11 is 0. The zero-order valence-electron chi connectivity index (χ0n) is 11.7. The van der Waals surface area contributed by atoms with Crippen LogP contribution in [-0.2, 0) is 10.0 Å². The van der Waals surface area contributed by atoms with Gasteiger partial charge in [-0.3, -0.25) is 0 Å². The van der Waals surface area contributed by atoms with Crippen LogP contribution < -0.4 is 5.32 Å². The Bertz CT molecular complexity index is 311. The first-order valence-electron chi connectivity index (χ1n) is 7.01. The molecule has 0 atom stereocenters. The summed E-state index contributed by atoms with van der Waals surface area (Å²) in [5.41, 5.74) is 0. The molecule has 1 aliphatic rings. The second-order valence-electron chi connectivity index (χ2n) is 4.76. The molecule has 18 heavy (non-hydrogen) atoms. The first-order valence-corrected chi connectivity index (χ1v) is 8.62. The Morgan fingerprint density at radius 2 is 1.78 bits per heavy atom. The highest BCUT2D eigenvalue weighted by Gasteiger charge is 2.25. The Hall–Kier alpha value is -0.170. The van der Waals surface area contributed by atoms with Gasteiger partial charge in [-0.15, -0.1) is 0 Å². The van der Waals surface area contributed by atoms with E-state index < -0.39 is 10.0 Å². The summed E-state index contributed by atoms with van der Waals surface area (Å²) < 4.78 is 25.8. The van der Waals surface area contributed by atoms with Crippen molar-refractivity contribution in [1.82, 2.24) is 14.5 Å². The van der Waals surface area contributed by atoms with Gasteiger partial charge in [-0.25, -0.2) is 8.42 Å². The van der Waals surface area contributed by atoms with Crippen LogP contribution in [-0.4, -0.2) is 69.2 Å². The molecule has 108 valence electrons. The van der Waals surface area contributed by atoms with E-state index in [1.165, 1.54) is 0 Å². The van der Waals surface area contributed by atoms with Crippen LogP contribution in [0.2, 0.25) is 0 Å². The molecule has 0 aliphatic carbocycles. The van der Waals surface area contributed by atoms with E-state index in [9.17, 15) is 8.42 Å². The molecule has 0 bridgehead atoms. The number of hydrogen-bond donors (Lipinski definition) is 1. The fourth-order valence-corrected chi connectivity index (χ4v) is 3.72. The van der Waals surface area contributed by atoms with Crippen molar-refractivity contribution < 1.29 is 8.42 Å². The first kappa shape index (κ1) is 15.9. The number of nitrogens with zero attached hydrogens (tertiary/aromatic N) is 2. The number of hydrogen-bond acceptors (Lipinski definition) is 4. The van der Waals surface area contributed by atoms with Crippen molar-refractivity contribution in [3.63, 3.8) is 0 Å². The van der Waals surface area contributed by atoms with Gasteiger partial charge in [0.2, 0.25) is 10.0 Å². The van der Waals surface area contributed by atoms with Gasteiger partial charge in [-0.2, -0.15) is 4.31 Å². The van der Waals surface area contributed by atoms with E-state index in [0.29, 0.717) is 19.5 Å². The molecular weight excluding hydrogens is 250 g/mol. The van der Waals surface area contributed by atoms with Gasteiger partial charge in [0.25, 0.3) is 0 Å². The van der Waals surface area contributed by atoms with Crippen LogP contribution in [0.25, 0.3) is 0 Å². The summed E-state index contributed by atoms with van der Waals surface area (Å²) in [6, 6.07) is 0. The van der Waals surface area contributed by atoms with Crippen LogP contribution in [0.5, 0.6) is 0 Å². The number of sulfonamides is 1. The molecule has 1 rings (SSSR count). The fourth-order valence-electron chi connectivity index (χ4n) is 2.23. The zero-order chi connectivity index (χ0) is 13.4. The minimum absolute atomic E-state index is 0.272. The van der Waals surface area contributed by atoms with Crippen molar-refractivity contribution in [1.29, 1.82) is 0 Å².